The van der Waals surface area contributed by atoms with Gasteiger partial charge in [-0.3, -0.25) is 4.79 Å². The molecule has 0 aliphatic heterocycles. The summed E-state index contributed by atoms with van der Waals surface area (Å²) >= 11 is 0. The van der Waals surface area contributed by atoms with Crippen molar-refractivity contribution in [1.29, 1.82) is 0 Å². The number of hydrogen-bond donors (Lipinski definition) is 1. The average Bonchev–Trinajstić information content (AvgIpc) is 2.34. The van der Waals surface area contributed by atoms with E-state index in [4.69, 9.17) is 5.73 Å². The number of halogens is 3. The topological polar surface area (TPSA) is 46.3 Å². The summed E-state index contributed by atoms with van der Waals surface area (Å²) in [6, 6.07) is 7.15. The van der Waals surface area contributed by atoms with E-state index in [1.807, 2.05) is 0 Å². The van der Waals surface area contributed by atoms with Gasteiger partial charge in [-0.15, -0.1) is 0 Å². The first-order chi connectivity index (χ1) is 8.87. The molecule has 0 aliphatic carbocycles. The number of benzene rings is 1. The van der Waals surface area contributed by atoms with Crippen molar-refractivity contribution in [1.82, 2.24) is 4.90 Å². The van der Waals surface area contributed by atoms with Crippen molar-refractivity contribution in [3.8, 4) is 0 Å². The second-order valence-electron chi connectivity index (χ2n) is 4.17. The van der Waals surface area contributed by atoms with E-state index in [1.54, 1.807) is 31.2 Å². The van der Waals surface area contributed by atoms with E-state index in [0.717, 1.165) is 11.1 Å². The van der Waals surface area contributed by atoms with Gasteiger partial charge in [-0.25, -0.2) is 0 Å². The fourth-order valence-corrected chi connectivity index (χ4v) is 1.78. The van der Waals surface area contributed by atoms with Gasteiger partial charge < -0.3 is 10.6 Å². The van der Waals surface area contributed by atoms with Crippen molar-refractivity contribution < 1.29 is 18.0 Å². The zero-order chi connectivity index (χ0) is 14.5. The molecule has 1 aromatic rings. The second kappa shape index (κ2) is 6.56. The third-order valence-electron chi connectivity index (χ3n) is 2.79. The number of nitrogens with zero attached hydrogens (tertiary/aromatic N) is 1. The first-order valence-corrected chi connectivity index (χ1v) is 5.98. The standard InChI is InChI=1S/C13H17F3N2O/c1-2-18(12(19)7-13(14,15)16)9-11-6-4-3-5-10(11)8-17/h3-6H,2,7-9,17H2,1H3. The molecule has 0 atom stereocenters. The summed E-state index contributed by atoms with van der Waals surface area (Å²) in [5, 5.41) is 0. The summed E-state index contributed by atoms with van der Waals surface area (Å²) in [5.41, 5.74) is 7.18. The quantitative estimate of drug-likeness (QED) is 0.896. The summed E-state index contributed by atoms with van der Waals surface area (Å²) < 4.78 is 36.7. The fourth-order valence-electron chi connectivity index (χ4n) is 1.78. The molecule has 19 heavy (non-hydrogen) atoms. The van der Waals surface area contributed by atoms with Crippen LogP contribution in [-0.2, 0) is 17.9 Å². The number of nitrogens with two attached hydrogens (primary N) is 1. The van der Waals surface area contributed by atoms with Gasteiger partial charge in [0.05, 0.1) is 0 Å². The Balaban J connectivity index is 2.79. The normalized spacial score (nSPS) is 11.4. The number of carbonyl (C=O) groups excluding carboxylic acids is 1. The molecular weight excluding hydrogens is 257 g/mol. The minimum atomic E-state index is -4.47. The van der Waals surface area contributed by atoms with Gasteiger partial charge in [0.25, 0.3) is 0 Å². The Morgan fingerprint density at radius 3 is 2.32 bits per heavy atom. The number of rotatable bonds is 5. The number of hydrogen-bond acceptors (Lipinski definition) is 2. The van der Waals surface area contributed by atoms with Crippen LogP contribution in [0.1, 0.15) is 24.5 Å². The highest BCUT2D eigenvalue weighted by Gasteiger charge is 2.33. The van der Waals surface area contributed by atoms with Crippen LogP contribution in [0.4, 0.5) is 13.2 Å². The molecule has 1 aromatic carbocycles. The molecule has 0 aromatic heterocycles. The number of alkyl halides is 3. The first kappa shape index (κ1) is 15.5. The van der Waals surface area contributed by atoms with Crippen LogP contribution in [0.2, 0.25) is 0 Å². The predicted octanol–water partition coefficient (Wildman–Crippen LogP) is 2.45. The van der Waals surface area contributed by atoms with Gasteiger partial charge in [0, 0.05) is 19.6 Å². The van der Waals surface area contributed by atoms with Crippen molar-refractivity contribution in [3.05, 3.63) is 35.4 Å². The van der Waals surface area contributed by atoms with E-state index in [-0.39, 0.29) is 13.1 Å². The van der Waals surface area contributed by atoms with Crippen LogP contribution < -0.4 is 5.73 Å². The van der Waals surface area contributed by atoms with Gasteiger partial charge in [0.15, 0.2) is 0 Å². The van der Waals surface area contributed by atoms with E-state index in [2.05, 4.69) is 0 Å². The molecule has 6 heteroatoms. The molecule has 0 unspecified atom stereocenters. The molecule has 1 amide bonds. The predicted molar refractivity (Wildman–Crippen MR) is 66.1 cm³/mol. The van der Waals surface area contributed by atoms with Crippen LogP contribution in [-0.4, -0.2) is 23.5 Å². The Bertz CT molecular complexity index is 432. The lowest BCUT2D eigenvalue weighted by Gasteiger charge is -2.23. The lowest BCUT2D eigenvalue weighted by molar-refractivity contribution is -0.161. The summed E-state index contributed by atoms with van der Waals surface area (Å²) in [5.74, 6) is -0.915. The minimum absolute atomic E-state index is 0.152. The molecule has 0 spiro atoms. The van der Waals surface area contributed by atoms with Gasteiger partial charge in [0.2, 0.25) is 5.91 Å². The average molecular weight is 274 g/mol. The molecule has 2 N–H and O–H groups in total. The maximum Gasteiger partial charge on any atom is 0.397 e. The number of amides is 1. The van der Waals surface area contributed by atoms with E-state index >= 15 is 0 Å². The van der Waals surface area contributed by atoms with Crippen LogP contribution in [0, 0.1) is 0 Å². The van der Waals surface area contributed by atoms with E-state index in [9.17, 15) is 18.0 Å². The smallest absolute Gasteiger partial charge is 0.338 e. The monoisotopic (exact) mass is 274 g/mol. The van der Waals surface area contributed by atoms with Crippen LogP contribution in [0.3, 0.4) is 0 Å². The van der Waals surface area contributed by atoms with Gasteiger partial charge in [-0.1, -0.05) is 24.3 Å². The van der Waals surface area contributed by atoms with Crippen molar-refractivity contribution in [2.75, 3.05) is 6.54 Å². The highest BCUT2D eigenvalue weighted by Crippen LogP contribution is 2.21. The van der Waals surface area contributed by atoms with E-state index in [0.29, 0.717) is 6.54 Å². The zero-order valence-corrected chi connectivity index (χ0v) is 10.7. The Hall–Kier alpha value is -1.56. The maximum absolute atomic E-state index is 12.2. The third-order valence-corrected chi connectivity index (χ3v) is 2.79. The van der Waals surface area contributed by atoms with Crippen molar-refractivity contribution in [2.24, 2.45) is 5.73 Å². The molecule has 0 aliphatic rings. The van der Waals surface area contributed by atoms with Gasteiger partial charge in [0.1, 0.15) is 6.42 Å². The Kier molecular flexibility index (Phi) is 5.35. The van der Waals surface area contributed by atoms with Crippen molar-refractivity contribution >= 4 is 5.91 Å². The van der Waals surface area contributed by atoms with Gasteiger partial charge in [-0.2, -0.15) is 13.2 Å². The fraction of sp³-hybridized carbons (Fsp3) is 0.462. The molecule has 0 saturated carbocycles. The first-order valence-electron chi connectivity index (χ1n) is 5.98. The molecule has 0 bridgehead atoms. The lowest BCUT2D eigenvalue weighted by atomic mass is 10.1. The van der Waals surface area contributed by atoms with Crippen molar-refractivity contribution in [2.45, 2.75) is 32.6 Å². The Morgan fingerprint density at radius 2 is 1.84 bits per heavy atom. The molecule has 1 rings (SSSR count). The third kappa shape index (κ3) is 4.90. The molecule has 0 heterocycles. The van der Waals surface area contributed by atoms with Gasteiger partial charge in [-0.05, 0) is 18.1 Å². The second-order valence-corrected chi connectivity index (χ2v) is 4.17. The van der Waals surface area contributed by atoms with E-state index < -0.39 is 18.5 Å². The molecule has 0 fully saturated rings. The number of carbonyl (C=O) groups is 1. The molecule has 0 saturated heterocycles. The van der Waals surface area contributed by atoms with Crippen LogP contribution in [0.15, 0.2) is 24.3 Å². The molecule has 106 valence electrons. The largest absolute Gasteiger partial charge is 0.397 e. The minimum Gasteiger partial charge on any atom is -0.338 e. The SMILES string of the molecule is CCN(Cc1ccccc1CN)C(=O)CC(F)(F)F. The highest BCUT2D eigenvalue weighted by molar-refractivity contribution is 5.76. The van der Waals surface area contributed by atoms with Crippen LogP contribution >= 0.6 is 0 Å². The Labute approximate surface area is 110 Å². The van der Waals surface area contributed by atoms with Crippen LogP contribution in [0.5, 0.6) is 0 Å². The summed E-state index contributed by atoms with van der Waals surface area (Å²) in [6.07, 6.45) is -5.90. The highest BCUT2D eigenvalue weighted by atomic mass is 19.4. The van der Waals surface area contributed by atoms with Crippen molar-refractivity contribution in [3.63, 3.8) is 0 Å². The molecule has 0 radical (unpaired) electrons. The van der Waals surface area contributed by atoms with Gasteiger partial charge >= 0.3 is 6.18 Å². The summed E-state index contributed by atoms with van der Waals surface area (Å²) in [4.78, 5) is 12.8. The molecule has 3 nitrogen and oxygen atoms in total. The van der Waals surface area contributed by atoms with Crippen LogP contribution in [0.25, 0.3) is 0 Å². The summed E-state index contributed by atoms with van der Waals surface area (Å²) in [6.45, 7) is 2.33. The zero-order valence-electron chi connectivity index (χ0n) is 10.7. The van der Waals surface area contributed by atoms with E-state index in [1.165, 1.54) is 4.90 Å². The lowest BCUT2D eigenvalue weighted by Crippen LogP contribution is -2.34. The summed E-state index contributed by atoms with van der Waals surface area (Å²) in [7, 11) is 0. The maximum atomic E-state index is 12.2. The molecular formula is C13H17F3N2O. The Morgan fingerprint density at radius 1 is 1.26 bits per heavy atom.